The van der Waals surface area contributed by atoms with E-state index in [2.05, 4.69) is 108 Å². The van der Waals surface area contributed by atoms with Gasteiger partial charge in [0.2, 0.25) is 0 Å². The summed E-state index contributed by atoms with van der Waals surface area (Å²) in [5.74, 6) is 0.680. The number of aromatic nitrogens is 3. The van der Waals surface area contributed by atoms with Crippen LogP contribution in [0.15, 0.2) is 156 Å². The zero-order valence-corrected chi connectivity index (χ0v) is 23.7. The topological polar surface area (TPSA) is 43.9 Å². The zero-order valence-electron chi connectivity index (χ0n) is 23.7. The Kier molecular flexibility index (Phi) is 5.47. The van der Waals surface area contributed by atoms with E-state index in [4.69, 9.17) is 14.4 Å². The van der Waals surface area contributed by atoms with Crippen molar-refractivity contribution in [2.75, 3.05) is 0 Å². The Balaban J connectivity index is 1.35. The Hall–Kier alpha value is -6.00. The molecule has 3 aromatic heterocycles. The van der Waals surface area contributed by atoms with E-state index in [0.29, 0.717) is 11.4 Å². The summed E-state index contributed by atoms with van der Waals surface area (Å²) in [5.41, 5.74) is 10.7. The second kappa shape index (κ2) is 9.79. The van der Waals surface area contributed by atoms with Gasteiger partial charge in [0.1, 0.15) is 16.8 Å². The maximum Gasteiger partial charge on any atom is 0.180 e. The number of furan rings is 1. The van der Waals surface area contributed by atoms with Crippen molar-refractivity contribution in [2.45, 2.75) is 0 Å². The zero-order chi connectivity index (χ0) is 29.0. The number of benzene rings is 6. The van der Waals surface area contributed by atoms with Crippen molar-refractivity contribution in [3.05, 3.63) is 152 Å². The number of fused-ring (bicyclic) bond motifs is 6. The van der Waals surface area contributed by atoms with E-state index < -0.39 is 0 Å². The summed E-state index contributed by atoms with van der Waals surface area (Å²) in [7, 11) is 0. The van der Waals surface area contributed by atoms with Crippen LogP contribution < -0.4 is 0 Å². The highest BCUT2D eigenvalue weighted by Crippen LogP contribution is 2.40. The van der Waals surface area contributed by atoms with Gasteiger partial charge in [-0.2, -0.15) is 0 Å². The second-order valence-electron chi connectivity index (χ2n) is 11.0. The standard InChI is InChI=1S/C40H25N3O/c1-4-13-26(14-5-1)29-19-12-20-30(23-29)43-34-22-11-10-21-31(34)32-24-33-36(25-35(32)43)44-39-37(27-15-6-2-7-16-27)41-40(42-38(33)39)28-17-8-3-9-18-28/h1-25H. The first-order valence-electron chi connectivity index (χ1n) is 14.8. The van der Waals surface area contributed by atoms with E-state index in [0.717, 1.165) is 55.4 Å². The summed E-state index contributed by atoms with van der Waals surface area (Å²) in [4.78, 5) is 10.1. The van der Waals surface area contributed by atoms with Crippen LogP contribution in [0.25, 0.3) is 83.3 Å². The molecule has 3 heterocycles. The largest absolute Gasteiger partial charge is 0.452 e. The normalized spacial score (nSPS) is 11.6. The SMILES string of the molecule is c1ccc(-c2cccc(-n3c4ccccc4c4cc5c(cc43)oc3c(-c4ccccc4)nc(-c4ccccc4)nc35)c2)cc1. The molecule has 0 bridgehead atoms. The van der Waals surface area contributed by atoms with E-state index in [1.54, 1.807) is 0 Å². The number of hydrogen-bond donors (Lipinski definition) is 0. The molecule has 0 aliphatic carbocycles. The highest BCUT2D eigenvalue weighted by atomic mass is 16.3. The van der Waals surface area contributed by atoms with Gasteiger partial charge in [0.05, 0.1) is 11.0 Å². The van der Waals surface area contributed by atoms with Gasteiger partial charge >= 0.3 is 0 Å². The van der Waals surface area contributed by atoms with Crippen LogP contribution in [-0.2, 0) is 0 Å². The van der Waals surface area contributed by atoms with Crippen molar-refractivity contribution in [1.29, 1.82) is 0 Å². The van der Waals surface area contributed by atoms with Gasteiger partial charge in [0, 0.05) is 39.0 Å². The van der Waals surface area contributed by atoms with Gasteiger partial charge in [0.25, 0.3) is 0 Å². The molecule has 0 spiro atoms. The molecule has 0 amide bonds. The van der Waals surface area contributed by atoms with Gasteiger partial charge in [-0.1, -0.05) is 121 Å². The summed E-state index contributed by atoms with van der Waals surface area (Å²) in [6.45, 7) is 0. The molecule has 4 nitrogen and oxygen atoms in total. The molecule has 0 atom stereocenters. The molecule has 0 fully saturated rings. The Labute approximate surface area is 253 Å². The first-order valence-corrected chi connectivity index (χ1v) is 14.8. The molecule has 4 heteroatoms. The molecular formula is C40H25N3O. The number of para-hydroxylation sites is 1. The molecule has 0 aliphatic rings. The van der Waals surface area contributed by atoms with E-state index in [9.17, 15) is 0 Å². The molecule has 9 aromatic rings. The van der Waals surface area contributed by atoms with Crippen molar-refractivity contribution < 1.29 is 4.42 Å². The average molecular weight is 564 g/mol. The Bertz CT molecular complexity index is 2480. The molecule has 206 valence electrons. The third-order valence-corrected chi connectivity index (χ3v) is 8.40. The van der Waals surface area contributed by atoms with Crippen LogP contribution in [0.1, 0.15) is 0 Å². The smallest absolute Gasteiger partial charge is 0.180 e. The summed E-state index contributed by atoms with van der Waals surface area (Å²) >= 11 is 0. The summed E-state index contributed by atoms with van der Waals surface area (Å²) in [6.07, 6.45) is 0. The number of hydrogen-bond acceptors (Lipinski definition) is 3. The lowest BCUT2D eigenvalue weighted by atomic mass is 10.1. The Morgan fingerprint density at radius 3 is 1.89 bits per heavy atom. The van der Waals surface area contributed by atoms with Gasteiger partial charge < -0.3 is 8.98 Å². The Morgan fingerprint density at radius 2 is 1.11 bits per heavy atom. The molecular weight excluding hydrogens is 538 g/mol. The fourth-order valence-electron chi connectivity index (χ4n) is 6.35. The monoisotopic (exact) mass is 563 g/mol. The van der Waals surface area contributed by atoms with Gasteiger partial charge in [-0.25, -0.2) is 9.97 Å². The van der Waals surface area contributed by atoms with E-state index >= 15 is 0 Å². The van der Waals surface area contributed by atoms with Crippen molar-refractivity contribution in [3.63, 3.8) is 0 Å². The van der Waals surface area contributed by atoms with Crippen LogP contribution in [-0.4, -0.2) is 14.5 Å². The second-order valence-corrected chi connectivity index (χ2v) is 11.0. The number of rotatable bonds is 4. The highest BCUT2D eigenvalue weighted by Gasteiger charge is 2.21. The molecule has 0 N–H and O–H groups in total. The van der Waals surface area contributed by atoms with E-state index in [1.165, 1.54) is 16.5 Å². The lowest BCUT2D eigenvalue weighted by molar-refractivity contribution is 0.667. The summed E-state index contributed by atoms with van der Waals surface area (Å²) < 4.78 is 9.01. The van der Waals surface area contributed by atoms with Gasteiger partial charge in [-0.15, -0.1) is 0 Å². The maximum absolute atomic E-state index is 6.68. The highest BCUT2D eigenvalue weighted by molar-refractivity contribution is 6.17. The van der Waals surface area contributed by atoms with E-state index in [1.807, 2.05) is 48.5 Å². The summed E-state index contributed by atoms with van der Waals surface area (Å²) in [5, 5.41) is 3.32. The van der Waals surface area contributed by atoms with Crippen molar-refractivity contribution >= 4 is 43.9 Å². The molecule has 0 saturated carbocycles. The van der Waals surface area contributed by atoms with Crippen molar-refractivity contribution in [1.82, 2.24) is 14.5 Å². The molecule has 0 radical (unpaired) electrons. The predicted octanol–water partition coefficient (Wildman–Crippen LogP) is 10.5. The lowest BCUT2D eigenvalue weighted by Crippen LogP contribution is -1.94. The minimum Gasteiger partial charge on any atom is -0.452 e. The van der Waals surface area contributed by atoms with Gasteiger partial charge in [-0.3, -0.25) is 0 Å². The Morgan fingerprint density at radius 1 is 0.455 bits per heavy atom. The van der Waals surface area contributed by atoms with Crippen LogP contribution in [0.4, 0.5) is 0 Å². The van der Waals surface area contributed by atoms with Crippen LogP contribution in [0.2, 0.25) is 0 Å². The first-order chi connectivity index (χ1) is 21.8. The van der Waals surface area contributed by atoms with Crippen molar-refractivity contribution in [3.8, 4) is 39.5 Å². The van der Waals surface area contributed by atoms with Crippen LogP contribution in [0, 0.1) is 0 Å². The predicted molar refractivity (Wildman–Crippen MR) is 180 cm³/mol. The van der Waals surface area contributed by atoms with Crippen molar-refractivity contribution in [2.24, 2.45) is 0 Å². The third-order valence-electron chi connectivity index (χ3n) is 8.40. The molecule has 6 aromatic carbocycles. The summed E-state index contributed by atoms with van der Waals surface area (Å²) in [6, 6.07) is 52.6. The molecule has 0 saturated heterocycles. The molecule has 44 heavy (non-hydrogen) atoms. The fraction of sp³-hybridized carbons (Fsp3) is 0. The first kappa shape index (κ1) is 24.6. The maximum atomic E-state index is 6.68. The van der Waals surface area contributed by atoms with Crippen LogP contribution in [0.5, 0.6) is 0 Å². The van der Waals surface area contributed by atoms with E-state index in [-0.39, 0.29) is 0 Å². The molecule has 0 aliphatic heterocycles. The fourth-order valence-corrected chi connectivity index (χ4v) is 6.35. The quantitative estimate of drug-likeness (QED) is 0.214. The van der Waals surface area contributed by atoms with Gasteiger partial charge in [-0.05, 0) is 35.4 Å². The van der Waals surface area contributed by atoms with Crippen LogP contribution >= 0.6 is 0 Å². The minimum atomic E-state index is 0.680. The molecule has 9 rings (SSSR count). The van der Waals surface area contributed by atoms with Gasteiger partial charge in [0.15, 0.2) is 11.4 Å². The lowest BCUT2D eigenvalue weighted by Gasteiger charge is -2.10. The average Bonchev–Trinajstić information content (AvgIpc) is 3.63. The minimum absolute atomic E-state index is 0.680. The number of nitrogens with zero attached hydrogens (tertiary/aromatic N) is 3. The molecule has 0 unspecified atom stereocenters. The van der Waals surface area contributed by atoms with Crippen LogP contribution in [0.3, 0.4) is 0 Å². The third kappa shape index (κ3) is 3.85.